The van der Waals surface area contributed by atoms with E-state index in [0.29, 0.717) is 0 Å². The molecule has 9 nitrogen and oxygen atoms in total. The Morgan fingerprint density at radius 1 is 0.500 bits per heavy atom. The first-order chi connectivity index (χ1) is 8.69. The van der Waals surface area contributed by atoms with Gasteiger partial charge in [-0.25, -0.2) is 0 Å². The smallest absolute Gasteiger partial charge is 0.252 e. The molecule has 0 radical (unpaired) electrons. The van der Waals surface area contributed by atoms with Gasteiger partial charge in [0.15, 0.2) is 0 Å². The van der Waals surface area contributed by atoms with E-state index in [1.165, 1.54) is 21.3 Å². The Kier molecular flexibility index (Phi) is 7.80. The van der Waals surface area contributed by atoms with Crippen LogP contribution in [-0.4, -0.2) is 56.5 Å². The van der Waals surface area contributed by atoms with E-state index in [4.69, 9.17) is 28.1 Å². The van der Waals surface area contributed by atoms with Crippen molar-refractivity contribution in [2.75, 3.05) is 42.7 Å². The first kappa shape index (κ1) is 17.0. The first-order valence-electron chi connectivity index (χ1n) is 4.74. The molecule has 0 saturated carbocycles. The highest BCUT2D eigenvalue weighted by molar-refractivity contribution is 7.77. The van der Waals surface area contributed by atoms with E-state index in [0.717, 1.165) is 0 Å². The summed E-state index contributed by atoms with van der Waals surface area (Å²) in [5, 5.41) is 0. The standard InChI is InChI=1S/C6H18N3O6P3/c1-10-7-16(13-4)8(11-2)18(15-6)9(12-3)17(7)14-5/h1-6H3. The van der Waals surface area contributed by atoms with Gasteiger partial charge in [0.1, 0.15) is 0 Å². The highest BCUT2D eigenvalue weighted by atomic mass is 31.3. The van der Waals surface area contributed by atoms with Crippen molar-refractivity contribution in [3.8, 4) is 0 Å². The van der Waals surface area contributed by atoms with E-state index in [9.17, 15) is 0 Å². The second-order valence-corrected chi connectivity index (χ2v) is 8.35. The lowest BCUT2D eigenvalue weighted by Crippen LogP contribution is -2.36. The monoisotopic (exact) mass is 321 g/mol. The van der Waals surface area contributed by atoms with Crippen molar-refractivity contribution in [2.45, 2.75) is 0 Å². The Hall–Kier alpha value is 0.930. The Morgan fingerprint density at radius 3 is 0.833 bits per heavy atom. The Balaban J connectivity index is 3.06. The van der Waals surface area contributed by atoms with Crippen molar-refractivity contribution in [3.63, 3.8) is 0 Å². The van der Waals surface area contributed by atoms with E-state index >= 15 is 0 Å². The van der Waals surface area contributed by atoms with Gasteiger partial charge in [-0.2, -0.15) is 0 Å². The predicted octanol–water partition coefficient (Wildman–Crippen LogP) is 2.21. The molecular formula is C6H18N3O6P3. The van der Waals surface area contributed by atoms with Crippen molar-refractivity contribution >= 4 is 25.3 Å². The zero-order valence-electron chi connectivity index (χ0n) is 11.1. The summed E-state index contributed by atoms with van der Waals surface area (Å²) in [6.45, 7) is 0. The van der Waals surface area contributed by atoms with E-state index in [2.05, 4.69) is 0 Å². The summed E-state index contributed by atoms with van der Waals surface area (Å²) in [7, 11) is 5.37. The second kappa shape index (κ2) is 8.27. The van der Waals surface area contributed by atoms with E-state index in [1.807, 2.05) is 0 Å². The molecular weight excluding hydrogens is 303 g/mol. The molecule has 0 aromatic rings. The molecule has 0 aromatic carbocycles. The van der Waals surface area contributed by atoms with Gasteiger partial charge in [0.2, 0.25) is 0 Å². The fourth-order valence-corrected chi connectivity index (χ4v) is 8.06. The molecule has 0 bridgehead atoms. The van der Waals surface area contributed by atoms with E-state index < -0.39 is 25.3 Å². The van der Waals surface area contributed by atoms with Crippen LogP contribution in [0.5, 0.6) is 0 Å². The summed E-state index contributed by atoms with van der Waals surface area (Å²) in [4.78, 5) is 15.9. The molecule has 1 fully saturated rings. The first-order valence-corrected chi connectivity index (χ1v) is 8.24. The highest BCUT2D eigenvalue weighted by Gasteiger charge is 2.52. The predicted molar refractivity (Wildman–Crippen MR) is 68.3 cm³/mol. The van der Waals surface area contributed by atoms with E-state index in [1.54, 1.807) is 35.1 Å². The molecule has 0 N–H and O–H groups in total. The van der Waals surface area contributed by atoms with Gasteiger partial charge >= 0.3 is 0 Å². The fourth-order valence-electron chi connectivity index (χ4n) is 1.23. The van der Waals surface area contributed by atoms with Gasteiger partial charge in [-0.3, -0.25) is 14.5 Å². The minimum absolute atomic E-state index is 1.31. The lowest BCUT2D eigenvalue weighted by atomic mass is 11.7. The van der Waals surface area contributed by atoms with Gasteiger partial charge in [0, 0.05) is 21.3 Å². The maximum Gasteiger partial charge on any atom is 0.252 e. The van der Waals surface area contributed by atoms with Gasteiger partial charge in [0.25, 0.3) is 25.3 Å². The molecule has 108 valence electrons. The van der Waals surface area contributed by atoms with Crippen molar-refractivity contribution in [3.05, 3.63) is 0 Å². The molecule has 0 amide bonds. The summed E-state index contributed by atoms with van der Waals surface area (Å²) >= 11 is 0. The third kappa shape index (κ3) is 3.15. The molecule has 0 aromatic heterocycles. The van der Waals surface area contributed by atoms with Crippen LogP contribution in [0.2, 0.25) is 0 Å². The van der Waals surface area contributed by atoms with Gasteiger partial charge < -0.3 is 13.6 Å². The largest absolute Gasteiger partial charge is 0.331 e. The highest BCUT2D eigenvalue weighted by Crippen LogP contribution is 2.77. The molecule has 18 heavy (non-hydrogen) atoms. The lowest BCUT2D eigenvalue weighted by molar-refractivity contribution is -0.0812. The minimum Gasteiger partial charge on any atom is -0.331 e. The van der Waals surface area contributed by atoms with Crippen molar-refractivity contribution in [2.24, 2.45) is 0 Å². The summed E-state index contributed by atoms with van der Waals surface area (Å²) in [6.07, 6.45) is 0. The summed E-state index contributed by atoms with van der Waals surface area (Å²) in [5.74, 6) is 0. The fraction of sp³-hybridized carbons (Fsp3) is 1.00. The number of hydrogen-bond donors (Lipinski definition) is 0. The Bertz CT molecular complexity index is 181. The minimum atomic E-state index is -1.31. The van der Waals surface area contributed by atoms with Crippen molar-refractivity contribution in [1.29, 1.82) is 0 Å². The molecule has 1 aliphatic rings. The van der Waals surface area contributed by atoms with E-state index in [-0.39, 0.29) is 0 Å². The number of nitrogens with zero attached hydrogens (tertiary/aromatic N) is 3. The molecule has 0 aliphatic carbocycles. The topological polar surface area (TPSA) is 65.1 Å². The third-order valence-electron chi connectivity index (χ3n) is 1.86. The maximum atomic E-state index is 5.41. The zero-order chi connectivity index (χ0) is 13.7. The lowest BCUT2D eigenvalue weighted by Gasteiger charge is -2.47. The molecule has 1 saturated heterocycles. The zero-order valence-corrected chi connectivity index (χ0v) is 13.8. The van der Waals surface area contributed by atoms with Crippen LogP contribution in [0.3, 0.4) is 0 Å². The molecule has 1 rings (SSSR count). The van der Waals surface area contributed by atoms with Gasteiger partial charge in [0.05, 0.1) is 21.3 Å². The maximum absolute atomic E-state index is 5.41. The van der Waals surface area contributed by atoms with Crippen LogP contribution in [0.15, 0.2) is 0 Å². The normalized spacial score (nSPS) is 32.0. The van der Waals surface area contributed by atoms with Crippen LogP contribution in [-0.2, 0) is 28.1 Å². The van der Waals surface area contributed by atoms with Gasteiger partial charge in [-0.05, 0) is 0 Å². The Morgan fingerprint density at radius 2 is 0.722 bits per heavy atom. The number of hydrogen-bond acceptors (Lipinski definition) is 9. The molecule has 1 aliphatic heterocycles. The quantitative estimate of drug-likeness (QED) is 0.685. The van der Waals surface area contributed by atoms with Gasteiger partial charge in [-0.15, -0.1) is 0 Å². The molecule has 0 atom stereocenters. The van der Waals surface area contributed by atoms with Crippen LogP contribution >= 0.6 is 25.3 Å². The van der Waals surface area contributed by atoms with Crippen LogP contribution in [0.4, 0.5) is 0 Å². The van der Waals surface area contributed by atoms with Crippen molar-refractivity contribution < 1.29 is 28.1 Å². The average Bonchev–Trinajstić information content (AvgIpc) is 2.43. The summed E-state index contributed by atoms with van der Waals surface area (Å²) < 4.78 is 20.9. The SMILES string of the molecule is CON1P(OC)N(OC)P(OC)N(OC)P1OC. The van der Waals surface area contributed by atoms with Crippen molar-refractivity contribution in [1.82, 2.24) is 13.8 Å². The number of rotatable bonds is 6. The molecule has 1 heterocycles. The van der Waals surface area contributed by atoms with Crippen LogP contribution in [0.1, 0.15) is 0 Å². The average molecular weight is 321 g/mol. The Labute approximate surface area is 110 Å². The second-order valence-electron chi connectivity index (χ2n) is 2.61. The van der Waals surface area contributed by atoms with Crippen LogP contribution < -0.4 is 0 Å². The summed E-state index contributed by atoms with van der Waals surface area (Å²) in [5.41, 5.74) is 0. The molecule has 0 spiro atoms. The van der Waals surface area contributed by atoms with Gasteiger partial charge in [-0.1, -0.05) is 13.8 Å². The summed E-state index contributed by atoms with van der Waals surface area (Å²) in [6, 6.07) is 0. The molecule has 0 unspecified atom stereocenters. The third-order valence-corrected chi connectivity index (χ3v) is 8.33. The van der Waals surface area contributed by atoms with Crippen LogP contribution in [0, 0.1) is 0 Å². The molecule has 12 heteroatoms. The van der Waals surface area contributed by atoms with Crippen LogP contribution in [0.25, 0.3) is 0 Å².